The minimum absolute atomic E-state index is 0.260. The molecular weight excluding hydrogens is 1120 g/mol. The number of carbonyl (C=O) groups excluding carboxylic acids is 1. The summed E-state index contributed by atoms with van der Waals surface area (Å²) in [7, 11) is 0. The molecule has 8 N–H and O–H groups in total. The molecule has 1 rings (SSSR count). The monoisotopic (exact) mass is 1280 g/mol. The van der Waals surface area contributed by atoms with Gasteiger partial charge in [-0.2, -0.15) is 0 Å². The molecule has 90 heavy (non-hydrogen) atoms. The van der Waals surface area contributed by atoms with Crippen LogP contribution in [0.15, 0.2) is 12.2 Å². The molecule has 1 heterocycles. The van der Waals surface area contributed by atoms with Crippen LogP contribution in [-0.2, 0) is 14.3 Å². The van der Waals surface area contributed by atoms with Crippen molar-refractivity contribution >= 4 is 5.91 Å². The zero-order valence-corrected chi connectivity index (χ0v) is 59.7. The van der Waals surface area contributed by atoms with E-state index < -0.39 is 74.2 Å². The van der Waals surface area contributed by atoms with Crippen LogP contribution in [0.25, 0.3) is 0 Å². The van der Waals surface area contributed by atoms with E-state index in [0.717, 1.165) is 32.1 Å². The number of nitrogens with one attached hydrogen (secondary N) is 1. The molecule has 1 amide bonds. The van der Waals surface area contributed by atoms with Crippen molar-refractivity contribution in [2.75, 3.05) is 13.2 Å². The molecule has 0 aromatic heterocycles. The highest BCUT2D eigenvalue weighted by Gasteiger charge is 2.44. The molecule has 1 fully saturated rings. The highest BCUT2D eigenvalue weighted by molar-refractivity contribution is 5.80. The summed E-state index contributed by atoms with van der Waals surface area (Å²) in [5.74, 6) is -0.696. The largest absolute Gasteiger partial charge is 0.394 e. The SMILES string of the molecule is CCCCCCCCCCCCCCCCCCCCCCCC/C=C/CCCC(O)C(O)C(COC1OC(CO)C(O)C(O)C1O)NC(=O)C(O)CCCCCCCCCCCCCCCCCCCCCCCCCCCCCCCCCCCCCC. The van der Waals surface area contributed by atoms with E-state index in [2.05, 4.69) is 31.3 Å². The van der Waals surface area contributed by atoms with Crippen molar-refractivity contribution in [3.05, 3.63) is 12.2 Å². The van der Waals surface area contributed by atoms with Gasteiger partial charge in [0.2, 0.25) is 5.91 Å². The maximum Gasteiger partial charge on any atom is 0.249 e. The third kappa shape index (κ3) is 54.0. The Labute approximate surface area is 557 Å². The molecule has 1 aliphatic heterocycles. The first-order chi connectivity index (χ1) is 44.2. The summed E-state index contributed by atoms with van der Waals surface area (Å²) in [6, 6.07) is -1.18. The fourth-order valence-corrected chi connectivity index (χ4v) is 13.5. The van der Waals surface area contributed by atoms with Gasteiger partial charge in [0.1, 0.15) is 36.6 Å². The Kier molecular flexibility index (Phi) is 65.5. The molecule has 0 aromatic rings. The molecule has 0 saturated carbocycles. The van der Waals surface area contributed by atoms with Gasteiger partial charge in [0.15, 0.2) is 6.29 Å². The van der Waals surface area contributed by atoms with Gasteiger partial charge in [-0.3, -0.25) is 4.79 Å². The lowest BCUT2D eigenvalue weighted by Crippen LogP contribution is -2.60. The molecule has 1 aliphatic rings. The van der Waals surface area contributed by atoms with Gasteiger partial charge in [0.25, 0.3) is 0 Å². The van der Waals surface area contributed by atoms with Gasteiger partial charge < -0.3 is 50.5 Å². The molecule has 0 spiro atoms. The van der Waals surface area contributed by atoms with Crippen LogP contribution in [0.5, 0.6) is 0 Å². The second-order valence-corrected chi connectivity index (χ2v) is 28.5. The number of aliphatic hydroxyl groups excluding tert-OH is 7. The summed E-state index contributed by atoms with van der Waals surface area (Å²) in [6.45, 7) is 3.52. The van der Waals surface area contributed by atoms with Gasteiger partial charge >= 0.3 is 0 Å². The summed E-state index contributed by atoms with van der Waals surface area (Å²) >= 11 is 0. The summed E-state index contributed by atoms with van der Waals surface area (Å²) in [6.07, 6.45) is 74.8. The first kappa shape index (κ1) is 86.9. The highest BCUT2D eigenvalue weighted by atomic mass is 16.7. The minimum Gasteiger partial charge on any atom is -0.394 e. The van der Waals surface area contributed by atoms with Crippen LogP contribution >= 0.6 is 0 Å². The topological polar surface area (TPSA) is 189 Å². The van der Waals surface area contributed by atoms with E-state index >= 15 is 0 Å². The van der Waals surface area contributed by atoms with Crippen LogP contribution in [-0.4, -0.2) is 110 Å². The van der Waals surface area contributed by atoms with Crippen LogP contribution in [0.1, 0.15) is 418 Å². The zero-order chi connectivity index (χ0) is 65.3. The van der Waals surface area contributed by atoms with Crippen molar-refractivity contribution in [2.45, 2.75) is 473 Å². The van der Waals surface area contributed by atoms with E-state index in [1.165, 1.54) is 347 Å². The van der Waals surface area contributed by atoms with E-state index in [1.54, 1.807) is 0 Å². The molecule has 0 aliphatic carbocycles. The fourth-order valence-electron chi connectivity index (χ4n) is 13.5. The summed E-state index contributed by atoms with van der Waals surface area (Å²) in [5.41, 5.74) is 0. The molecule has 0 bridgehead atoms. The molecule has 0 aromatic carbocycles. The Morgan fingerprint density at radius 1 is 0.378 bits per heavy atom. The molecule has 9 atom stereocenters. The van der Waals surface area contributed by atoms with E-state index in [0.29, 0.717) is 12.8 Å². The molecule has 536 valence electrons. The van der Waals surface area contributed by atoms with Crippen LogP contribution in [0.2, 0.25) is 0 Å². The quantitative estimate of drug-likeness (QED) is 0.0215. The second kappa shape index (κ2) is 67.8. The number of allylic oxidation sites excluding steroid dienone is 2. The first-order valence-corrected chi connectivity index (χ1v) is 40.1. The predicted octanol–water partition coefficient (Wildman–Crippen LogP) is 20.5. The Morgan fingerprint density at radius 2 is 0.656 bits per heavy atom. The number of unbranched alkanes of at least 4 members (excludes halogenated alkanes) is 58. The predicted molar refractivity (Wildman–Crippen MR) is 381 cm³/mol. The standard InChI is InChI=1S/C79H155NO10/c1-3-5-7-9-11-13-15-17-19-21-23-25-27-29-31-32-33-34-35-36-37-38-39-41-43-45-47-49-51-53-55-57-59-61-63-65-67-72(83)78(88)80-70(69-89-79-77(87)76(86)75(85)73(68-81)90-79)74(84)71(82)66-64-62-60-58-56-54-52-50-48-46-44-42-40-30-28-26-24-22-20-18-16-14-12-10-8-6-4-2/h58,60,70-77,79,81-87H,3-57,59,61-69H2,1-2H3,(H,80,88)/b60-58+. The molecule has 1 saturated heterocycles. The van der Waals surface area contributed by atoms with Crippen molar-refractivity contribution in [3.63, 3.8) is 0 Å². The van der Waals surface area contributed by atoms with E-state index in [-0.39, 0.29) is 12.8 Å². The maximum atomic E-state index is 13.3. The zero-order valence-electron chi connectivity index (χ0n) is 59.7. The third-order valence-electron chi connectivity index (χ3n) is 19.8. The van der Waals surface area contributed by atoms with Crippen LogP contribution < -0.4 is 5.32 Å². The fraction of sp³-hybridized carbons (Fsp3) is 0.962. The minimum atomic E-state index is -1.67. The third-order valence-corrected chi connectivity index (χ3v) is 19.8. The van der Waals surface area contributed by atoms with Crippen LogP contribution in [0.4, 0.5) is 0 Å². The van der Waals surface area contributed by atoms with E-state index in [1.807, 2.05) is 0 Å². The van der Waals surface area contributed by atoms with Gasteiger partial charge in [-0.25, -0.2) is 0 Å². The summed E-state index contributed by atoms with van der Waals surface area (Å²) in [4.78, 5) is 13.3. The van der Waals surface area contributed by atoms with E-state index in [9.17, 15) is 40.5 Å². The van der Waals surface area contributed by atoms with Gasteiger partial charge in [-0.15, -0.1) is 0 Å². The number of rotatable bonds is 72. The Hall–Kier alpha value is -1.15. The van der Waals surface area contributed by atoms with Crippen molar-refractivity contribution in [3.8, 4) is 0 Å². The number of carbonyl (C=O) groups is 1. The highest BCUT2D eigenvalue weighted by Crippen LogP contribution is 2.25. The summed E-state index contributed by atoms with van der Waals surface area (Å²) < 4.78 is 11.2. The number of ether oxygens (including phenoxy) is 2. The average Bonchev–Trinajstić information content (AvgIpc) is 1.44. The van der Waals surface area contributed by atoms with Gasteiger partial charge in [0, 0.05) is 0 Å². The Bertz CT molecular complexity index is 1470. The molecular formula is C79H155NO10. The molecule has 9 unspecified atom stereocenters. The van der Waals surface area contributed by atoms with Crippen molar-refractivity contribution < 1.29 is 50.0 Å². The van der Waals surface area contributed by atoms with Crippen LogP contribution in [0.3, 0.4) is 0 Å². The normalized spacial score (nSPS) is 18.4. The molecule has 11 nitrogen and oxygen atoms in total. The van der Waals surface area contributed by atoms with Gasteiger partial charge in [-0.1, -0.05) is 392 Å². The summed E-state index contributed by atoms with van der Waals surface area (Å²) in [5, 5.41) is 76.7. The van der Waals surface area contributed by atoms with Crippen molar-refractivity contribution in [1.29, 1.82) is 0 Å². The molecule has 11 heteroatoms. The number of hydrogen-bond acceptors (Lipinski definition) is 10. The van der Waals surface area contributed by atoms with Crippen molar-refractivity contribution in [1.82, 2.24) is 5.32 Å². The van der Waals surface area contributed by atoms with Crippen LogP contribution in [0, 0.1) is 0 Å². The van der Waals surface area contributed by atoms with E-state index in [4.69, 9.17) is 9.47 Å². The average molecular weight is 1280 g/mol. The first-order valence-electron chi connectivity index (χ1n) is 40.1. The lowest BCUT2D eigenvalue weighted by molar-refractivity contribution is -0.303. The number of amides is 1. The second-order valence-electron chi connectivity index (χ2n) is 28.5. The Morgan fingerprint density at radius 3 is 0.956 bits per heavy atom. The van der Waals surface area contributed by atoms with Crippen molar-refractivity contribution in [2.24, 2.45) is 0 Å². The lowest BCUT2D eigenvalue weighted by Gasteiger charge is -2.40. The maximum absolute atomic E-state index is 13.3. The number of hydrogen-bond donors (Lipinski definition) is 8. The smallest absolute Gasteiger partial charge is 0.249 e. The lowest BCUT2D eigenvalue weighted by atomic mass is 9.98. The molecule has 0 radical (unpaired) electrons. The van der Waals surface area contributed by atoms with Gasteiger partial charge in [0.05, 0.1) is 25.4 Å². The Balaban J connectivity index is 2.12. The van der Waals surface area contributed by atoms with Gasteiger partial charge in [-0.05, 0) is 38.5 Å². The number of aliphatic hydroxyl groups is 7.